The lowest BCUT2D eigenvalue weighted by atomic mass is 10.1. The molecule has 2 aromatic heterocycles. The molecule has 0 saturated carbocycles. The van der Waals surface area contributed by atoms with Crippen LogP contribution >= 0.6 is 0 Å². The normalized spacial score (nSPS) is 20.8. The molecule has 1 fully saturated rings. The van der Waals surface area contributed by atoms with Gasteiger partial charge in [0.1, 0.15) is 0 Å². The molecule has 3 heterocycles. The van der Waals surface area contributed by atoms with Crippen molar-refractivity contribution >= 4 is 5.65 Å². The van der Waals surface area contributed by atoms with Crippen LogP contribution in [0.4, 0.5) is 0 Å². The van der Waals surface area contributed by atoms with Gasteiger partial charge < -0.3 is 14.8 Å². The summed E-state index contributed by atoms with van der Waals surface area (Å²) in [6, 6.07) is 2.18. The first-order valence-electron chi connectivity index (χ1n) is 7.40. The Morgan fingerprint density at radius 2 is 2.29 bits per heavy atom. The van der Waals surface area contributed by atoms with Gasteiger partial charge >= 0.3 is 0 Å². The molecule has 2 aromatic rings. The van der Waals surface area contributed by atoms with E-state index in [1.807, 2.05) is 23.7 Å². The third kappa shape index (κ3) is 3.07. The predicted molar refractivity (Wildman–Crippen MR) is 79.4 cm³/mol. The predicted octanol–water partition coefficient (Wildman–Crippen LogP) is 1.41. The molecule has 0 spiro atoms. The zero-order valence-electron chi connectivity index (χ0n) is 12.8. The monoisotopic (exact) mass is 290 g/mol. The number of ether oxygens (including phenoxy) is 2. The fourth-order valence-corrected chi connectivity index (χ4v) is 2.67. The van der Waals surface area contributed by atoms with Gasteiger partial charge in [0.15, 0.2) is 5.65 Å². The van der Waals surface area contributed by atoms with E-state index >= 15 is 0 Å². The van der Waals surface area contributed by atoms with Crippen molar-refractivity contribution in [3.05, 3.63) is 29.2 Å². The standard InChI is InChI=1S/C15H22N4O2/c1-10-6-15-17-8-14(12(3)19(15)18-10)11(2)16-7-13-9-20-4-5-21-13/h6,8,11,13,16H,4-5,7,9H2,1-3H3. The average Bonchev–Trinajstić information content (AvgIpc) is 2.88. The highest BCUT2D eigenvalue weighted by atomic mass is 16.6. The van der Waals surface area contributed by atoms with E-state index in [1.165, 1.54) is 0 Å². The summed E-state index contributed by atoms with van der Waals surface area (Å²) in [4.78, 5) is 4.48. The number of fused-ring (bicyclic) bond motifs is 1. The molecule has 0 aliphatic carbocycles. The van der Waals surface area contributed by atoms with Gasteiger partial charge in [-0.2, -0.15) is 5.10 Å². The number of nitrogens with zero attached hydrogens (tertiary/aromatic N) is 3. The van der Waals surface area contributed by atoms with Crippen LogP contribution in [0.3, 0.4) is 0 Å². The SMILES string of the molecule is Cc1cc2ncc(C(C)NCC3COCCO3)c(C)n2n1. The first-order chi connectivity index (χ1) is 10.1. The van der Waals surface area contributed by atoms with E-state index in [4.69, 9.17) is 9.47 Å². The number of aryl methyl sites for hydroxylation is 2. The molecule has 1 aliphatic heterocycles. The van der Waals surface area contributed by atoms with Gasteiger partial charge in [-0.1, -0.05) is 0 Å². The van der Waals surface area contributed by atoms with Crippen LogP contribution in [0.25, 0.3) is 5.65 Å². The van der Waals surface area contributed by atoms with Gasteiger partial charge in [0.05, 0.1) is 31.6 Å². The Hall–Kier alpha value is -1.50. The first-order valence-corrected chi connectivity index (χ1v) is 7.40. The Morgan fingerprint density at radius 1 is 1.43 bits per heavy atom. The lowest BCUT2D eigenvalue weighted by molar-refractivity contribution is -0.0869. The molecule has 0 bridgehead atoms. The van der Waals surface area contributed by atoms with Crippen LogP contribution in [0.15, 0.2) is 12.3 Å². The minimum Gasteiger partial charge on any atom is -0.376 e. The Morgan fingerprint density at radius 3 is 3.05 bits per heavy atom. The molecule has 6 heteroatoms. The largest absolute Gasteiger partial charge is 0.376 e. The summed E-state index contributed by atoms with van der Waals surface area (Å²) in [5.41, 5.74) is 4.15. The van der Waals surface area contributed by atoms with E-state index in [2.05, 4.69) is 29.2 Å². The third-order valence-corrected chi connectivity index (χ3v) is 3.89. The van der Waals surface area contributed by atoms with Crippen molar-refractivity contribution in [2.75, 3.05) is 26.4 Å². The fourth-order valence-electron chi connectivity index (χ4n) is 2.67. The topological polar surface area (TPSA) is 60.7 Å². The summed E-state index contributed by atoms with van der Waals surface area (Å²) in [6.07, 6.45) is 2.06. The first kappa shape index (κ1) is 14.4. The molecule has 2 unspecified atom stereocenters. The summed E-state index contributed by atoms with van der Waals surface area (Å²) in [5.74, 6) is 0. The van der Waals surface area contributed by atoms with Crippen LogP contribution in [0.1, 0.15) is 29.9 Å². The van der Waals surface area contributed by atoms with E-state index in [9.17, 15) is 0 Å². The van der Waals surface area contributed by atoms with E-state index in [0.29, 0.717) is 19.8 Å². The maximum absolute atomic E-state index is 5.65. The van der Waals surface area contributed by atoms with Crippen LogP contribution in [0, 0.1) is 13.8 Å². The van der Waals surface area contributed by atoms with Gasteiger partial charge in [-0.15, -0.1) is 0 Å². The minimum absolute atomic E-state index is 0.130. The zero-order chi connectivity index (χ0) is 14.8. The number of hydrogen-bond acceptors (Lipinski definition) is 5. The Balaban J connectivity index is 1.71. The Labute approximate surface area is 124 Å². The van der Waals surface area contributed by atoms with Crippen molar-refractivity contribution in [1.29, 1.82) is 0 Å². The molecule has 3 rings (SSSR count). The number of hydrogen-bond donors (Lipinski definition) is 1. The maximum Gasteiger partial charge on any atom is 0.155 e. The van der Waals surface area contributed by atoms with Crippen LogP contribution < -0.4 is 5.32 Å². The molecular weight excluding hydrogens is 268 g/mol. The quantitative estimate of drug-likeness (QED) is 0.922. The second-order valence-corrected chi connectivity index (χ2v) is 5.55. The zero-order valence-corrected chi connectivity index (χ0v) is 12.8. The maximum atomic E-state index is 5.65. The number of rotatable bonds is 4. The van der Waals surface area contributed by atoms with E-state index < -0.39 is 0 Å². The molecule has 0 radical (unpaired) electrons. The van der Waals surface area contributed by atoms with Crippen molar-refractivity contribution in [3.63, 3.8) is 0 Å². The minimum atomic E-state index is 0.130. The second kappa shape index (κ2) is 6.09. The second-order valence-electron chi connectivity index (χ2n) is 5.55. The molecule has 1 aliphatic rings. The van der Waals surface area contributed by atoms with Crippen molar-refractivity contribution in [2.24, 2.45) is 0 Å². The van der Waals surface area contributed by atoms with Crippen LogP contribution in [0.2, 0.25) is 0 Å². The molecule has 0 amide bonds. The molecule has 114 valence electrons. The summed E-state index contributed by atoms with van der Waals surface area (Å²) < 4.78 is 13.0. The summed E-state index contributed by atoms with van der Waals surface area (Å²) in [5, 5.41) is 7.98. The van der Waals surface area contributed by atoms with E-state index in [-0.39, 0.29) is 12.1 Å². The Bertz CT molecular complexity index is 619. The summed E-state index contributed by atoms with van der Waals surface area (Å²) in [6.45, 7) is 9.01. The number of nitrogens with one attached hydrogen (secondary N) is 1. The number of aromatic nitrogens is 3. The molecule has 1 saturated heterocycles. The highest BCUT2D eigenvalue weighted by molar-refractivity contribution is 5.42. The summed E-state index contributed by atoms with van der Waals surface area (Å²) >= 11 is 0. The molecule has 6 nitrogen and oxygen atoms in total. The lowest BCUT2D eigenvalue weighted by Crippen LogP contribution is -2.38. The fraction of sp³-hybridized carbons (Fsp3) is 0.600. The highest BCUT2D eigenvalue weighted by Crippen LogP contribution is 2.18. The van der Waals surface area contributed by atoms with Gasteiger partial charge in [0, 0.05) is 36.1 Å². The van der Waals surface area contributed by atoms with Crippen LogP contribution in [0.5, 0.6) is 0 Å². The lowest BCUT2D eigenvalue weighted by Gasteiger charge is -2.25. The average molecular weight is 290 g/mol. The van der Waals surface area contributed by atoms with Crippen molar-refractivity contribution in [2.45, 2.75) is 32.9 Å². The highest BCUT2D eigenvalue weighted by Gasteiger charge is 2.17. The van der Waals surface area contributed by atoms with E-state index in [0.717, 1.165) is 29.1 Å². The van der Waals surface area contributed by atoms with Crippen molar-refractivity contribution < 1.29 is 9.47 Å². The van der Waals surface area contributed by atoms with Gasteiger partial charge in [-0.05, 0) is 20.8 Å². The third-order valence-electron chi connectivity index (χ3n) is 3.89. The molecule has 2 atom stereocenters. The van der Waals surface area contributed by atoms with Gasteiger partial charge in [0.25, 0.3) is 0 Å². The molecule has 0 aromatic carbocycles. The van der Waals surface area contributed by atoms with Crippen molar-refractivity contribution in [1.82, 2.24) is 19.9 Å². The van der Waals surface area contributed by atoms with Gasteiger partial charge in [0.2, 0.25) is 0 Å². The molecule has 21 heavy (non-hydrogen) atoms. The Kier molecular flexibility index (Phi) is 4.19. The molecule has 1 N–H and O–H groups in total. The summed E-state index contributed by atoms with van der Waals surface area (Å²) in [7, 11) is 0. The van der Waals surface area contributed by atoms with Gasteiger partial charge in [-0.3, -0.25) is 0 Å². The smallest absolute Gasteiger partial charge is 0.155 e. The molecular formula is C15H22N4O2. The van der Waals surface area contributed by atoms with Crippen LogP contribution in [-0.4, -0.2) is 47.1 Å². The van der Waals surface area contributed by atoms with Crippen molar-refractivity contribution in [3.8, 4) is 0 Å². The van der Waals surface area contributed by atoms with E-state index in [1.54, 1.807) is 0 Å². The van der Waals surface area contributed by atoms with Gasteiger partial charge in [-0.25, -0.2) is 9.50 Å². The van der Waals surface area contributed by atoms with Crippen LogP contribution in [-0.2, 0) is 9.47 Å².